The first-order valence-corrected chi connectivity index (χ1v) is 8.49. The van der Waals surface area contributed by atoms with Gasteiger partial charge in [-0.2, -0.15) is 0 Å². The summed E-state index contributed by atoms with van der Waals surface area (Å²) < 4.78 is 26.3. The minimum atomic E-state index is -3.77. The van der Waals surface area contributed by atoms with Crippen molar-refractivity contribution in [2.45, 2.75) is 17.4 Å². The smallest absolute Gasteiger partial charge is 0.243 e. The normalized spacial score (nSPS) is 17.2. The van der Waals surface area contributed by atoms with Gasteiger partial charge in [0.1, 0.15) is 12.3 Å². The summed E-state index contributed by atoms with van der Waals surface area (Å²) in [6, 6.07) is 7.05. The van der Waals surface area contributed by atoms with E-state index >= 15 is 0 Å². The maximum Gasteiger partial charge on any atom is 0.243 e. The van der Waals surface area contributed by atoms with Gasteiger partial charge in [0.2, 0.25) is 21.8 Å². The number of hydrogen-bond donors (Lipinski definition) is 2. The highest BCUT2D eigenvalue weighted by Crippen LogP contribution is 2.17. The van der Waals surface area contributed by atoms with Crippen LogP contribution in [0, 0.1) is 0 Å². The van der Waals surface area contributed by atoms with Gasteiger partial charge < -0.3 is 15.0 Å². The van der Waals surface area contributed by atoms with Crippen LogP contribution < -0.4 is 10.0 Å². The van der Waals surface area contributed by atoms with Crippen molar-refractivity contribution in [3.8, 4) is 0 Å². The minimum Gasteiger partial charge on any atom is -0.348 e. The Morgan fingerprint density at radius 1 is 1.26 bits per heavy atom. The van der Waals surface area contributed by atoms with Crippen molar-refractivity contribution in [2.75, 3.05) is 19.6 Å². The van der Waals surface area contributed by atoms with Gasteiger partial charge in [-0.05, 0) is 18.6 Å². The van der Waals surface area contributed by atoms with Gasteiger partial charge in [0, 0.05) is 6.54 Å². The van der Waals surface area contributed by atoms with Crippen LogP contribution >= 0.6 is 0 Å². The number of nitrogens with zero attached hydrogens (tertiary/aromatic N) is 1. The maximum absolute atomic E-state index is 12.0. The molecule has 1 aromatic rings. The lowest BCUT2D eigenvalue weighted by molar-refractivity contribution is -0.146. The number of carbonyl (C=O) groups is 3. The molecule has 0 aromatic heterocycles. The number of sulfonamides is 1. The second-order valence-corrected chi connectivity index (χ2v) is 6.71. The van der Waals surface area contributed by atoms with Gasteiger partial charge in [0.25, 0.3) is 0 Å². The van der Waals surface area contributed by atoms with Gasteiger partial charge in [-0.1, -0.05) is 18.2 Å². The molecule has 124 valence electrons. The molecular weight excluding hydrogens is 322 g/mol. The Labute approximate surface area is 133 Å². The Morgan fingerprint density at radius 3 is 2.52 bits per heavy atom. The van der Waals surface area contributed by atoms with Crippen LogP contribution in [-0.4, -0.2) is 57.1 Å². The molecule has 9 heteroatoms. The third-order valence-electron chi connectivity index (χ3n) is 3.47. The molecule has 0 saturated carbocycles. The van der Waals surface area contributed by atoms with E-state index in [1.54, 1.807) is 18.2 Å². The minimum absolute atomic E-state index is 0.0664. The topological polar surface area (TPSA) is 113 Å². The van der Waals surface area contributed by atoms with Gasteiger partial charge in [-0.3, -0.25) is 9.59 Å². The average Bonchev–Trinajstić information content (AvgIpc) is 2.51. The van der Waals surface area contributed by atoms with Crippen LogP contribution in [0.1, 0.15) is 6.42 Å². The van der Waals surface area contributed by atoms with Crippen LogP contribution in [0.3, 0.4) is 0 Å². The number of nitrogens with one attached hydrogen (secondary N) is 2. The quantitative estimate of drug-likeness (QED) is 0.611. The van der Waals surface area contributed by atoms with Gasteiger partial charge in [0.05, 0.1) is 18.0 Å². The van der Waals surface area contributed by atoms with E-state index in [0.29, 0.717) is 19.3 Å². The van der Waals surface area contributed by atoms with Gasteiger partial charge in [-0.25, -0.2) is 13.1 Å². The molecule has 1 saturated heterocycles. The SMILES string of the molecule is O=CCNC(=O)C1CCN1C(=O)CNS(=O)(=O)c1ccccc1. The van der Waals surface area contributed by atoms with E-state index in [4.69, 9.17) is 0 Å². The van der Waals surface area contributed by atoms with Crippen LogP contribution in [0.4, 0.5) is 0 Å². The van der Waals surface area contributed by atoms with Crippen molar-refractivity contribution >= 4 is 28.1 Å². The second kappa shape index (κ2) is 7.34. The van der Waals surface area contributed by atoms with Crippen molar-refractivity contribution in [2.24, 2.45) is 0 Å². The largest absolute Gasteiger partial charge is 0.348 e. The molecule has 1 aliphatic rings. The molecule has 0 aliphatic carbocycles. The molecule has 1 heterocycles. The zero-order chi connectivity index (χ0) is 16.9. The maximum atomic E-state index is 12.0. The molecule has 0 bridgehead atoms. The molecule has 0 spiro atoms. The summed E-state index contributed by atoms with van der Waals surface area (Å²) >= 11 is 0. The van der Waals surface area contributed by atoms with Crippen molar-refractivity contribution < 1.29 is 22.8 Å². The van der Waals surface area contributed by atoms with Crippen LogP contribution in [0.25, 0.3) is 0 Å². The van der Waals surface area contributed by atoms with Gasteiger partial charge in [-0.15, -0.1) is 0 Å². The molecule has 1 fully saturated rings. The van der Waals surface area contributed by atoms with Gasteiger partial charge >= 0.3 is 0 Å². The first kappa shape index (κ1) is 17.1. The number of hydrogen-bond acceptors (Lipinski definition) is 5. The standard InChI is InChI=1S/C14H17N3O5S/c18-9-7-15-14(20)12-6-8-17(12)13(19)10-16-23(21,22)11-4-2-1-3-5-11/h1-5,9,12,16H,6-8,10H2,(H,15,20). The number of aldehydes is 1. The third kappa shape index (κ3) is 4.14. The first-order valence-electron chi connectivity index (χ1n) is 7.01. The van der Waals surface area contributed by atoms with Crippen molar-refractivity contribution in [1.82, 2.24) is 14.9 Å². The van der Waals surface area contributed by atoms with E-state index in [2.05, 4.69) is 10.0 Å². The van der Waals surface area contributed by atoms with Crippen LogP contribution in [-0.2, 0) is 24.4 Å². The lowest BCUT2D eigenvalue weighted by atomic mass is 10.0. The lowest BCUT2D eigenvalue weighted by Gasteiger charge is -2.39. The molecule has 1 aromatic carbocycles. The summed E-state index contributed by atoms with van der Waals surface area (Å²) in [5.74, 6) is -0.898. The van der Waals surface area contributed by atoms with Crippen LogP contribution in [0.15, 0.2) is 35.2 Å². The Hall–Kier alpha value is -2.26. The number of rotatable bonds is 7. The van der Waals surface area contributed by atoms with E-state index in [1.165, 1.54) is 17.0 Å². The lowest BCUT2D eigenvalue weighted by Crippen LogP contribution is -2.60. The highest BCUT2D eigenvalue weighted by molar-refractivity contribution is 7.89. The monoisotopic (exact) mass is 339 g/mol. The highest BCUT2D eigenvalue weighted by Gasteiger charge is 2.37. The molecule has 23 heavy (non-hydrogen) atoms. The molecule has 1 unspecified atom stereocenters. The summed E-state index contributed by atoms with van der Waals surface area (Å²) in [5, 5.41) is 2.38. The fourth-order valence-corrected chi connectivity index (χ4v) is 3.16. The number of amides is 2. The first-order chi connectivity index (χ1) is 11.0. The Morgan fingerprint density at radius 2 is 1.96 bits per heavy atom. The molecule has 0 radical (unpaired) electrons. The molecule has 8 nitrogen and oxygen atoms in total. The molecule has 1 aliphatic heterocycles. The number of likely N-dealkylation sites (tertiary alicyclic amines) is 1. The fraction of sp³-hybridized carbons (Fsp3) is 0.357. The van der Waals surface area contributed by atoms with Crippen LogP contribution in [0.2, 0.25) is 0 Å². The Balaban J connectivity index is 1.90. The number of benzene rings is 1. The van der Waals surface area contributed by atoms with E-state index in [1.807, 2.05) is 0 Å². The zero-order valence-electron chi connectivity index (χ0n) is 12.3. The number of carbonyl (C=O) groups excluding carboxylic acids is 3. The zero-order valence-corrected chi connectivity index (χ0v) is 13.1. The van der Waals surface area contributed by atoms with Crippen molar-refractivity contribution in [3.63, 3.8) is 0 Å². The molecule has 2 rings (SSSR count). The third-order valence-corrected chi connectivity index (χ3v) is 4.89. The average molecular weight is 339 g/mol. The molecular formula is C14H17N3O5S. The van der Waals surface area contributed by atoms with E-state index < -0.39 is 34.4 Å². The Bertz CT molecular complexity index is 690. The van der Waals surface area contributed by atoms with E-state index in [9.17, 15) is 22.8 Å². The predicted molar refractivity (Wildman–Crippen MR) is 80.8 cm³/mol. The molecule has 1 atom stereocenters. The summed E-state index contributed by atoms with van der Waals surface area (Å²) in [6.45, 7) is -0.155. The summed E-state index contributed by atoms with van der Waals surface area (Å²) in [6.07, 6.45) is 1.04. The summed E-state index contributed by atoms with van der Waals surface area (Å²) in [4.78, 5) is 35.3. The van der Waals surface area contributed by atoms with Crippen molar-refractivity contribution in [3.05, 3.63) is 30.3 Å². The predicted octanol–water partition coefficient (Wildman–Crippen LogP) is -1.12. The van der Waals surface area contributed by atoms with Gasteiger partial charge in [0.15, 0.2) is 0 Å². The summed E-state index contributed by atoms with van der Waals surface area (Å²) in [7, 11) is -3.77. The van der Waals surface area contributed by atoms with E-state index in [0.717, 1.165) is 0 Å². The van der Waals surface area contributed by atoms with Crippen LogP contribution in [0.5, 0.6) is 0 Å². The Kier molecular flexibility index (Phi) is 5.45. The fourth-order valence-electron chi connectivity index (χ4n) is 2.16. The molecule has 2 amide bonds. The second-order valence-electron chi connectivity index (χ2n) is 4.94. The van der Waals surface area contributed by atoms with E-state index in [-0.39, 0.29) is 11.4 Å². The highest BCUT2D eigenvalue weighted by atomic mass is 32.2. The summed E-state index contributed by atoms with van der Waals surface area (Å²) in [5.41, 5.74) is 0. The molecule has 2 N–H and O–H groups in total. The van der Waals surface area contributed by atoms with Crippen molar-refractivity contribution in [1.29, 1.82) is 0 Å².